The summed E-state index contributed by atoms with van der Waals surface area (Å²) in [6.45, 7) is 4.77. The van der Waals surface area contributed by atoms with Gasteiger partial charge < -0.3 is 9.32 Å². The van der Waals surface area contributed by atoms with Gasteiger partial charge in [0.15, 0.2) is 11.0 Å². The molecule has 2 atom stereocenters. The largest absolute Gasteiger partial charge is 0.467 e. The second-order valence-electron chi connectivity index (χ2n) is 7.43. The average molecular weight is 412 g/mol. The van der Waals surface area contributed by atoms with Crippen LogP contribution in [-0.4, -0.2) is 48.4 Å². The predicted molar refractivity (Wildman–Crippen MR) is 111 cm³/mol. The van der Waals surface area contributed by atoms with E-state index in [9.17, 15) is 4.79 Å². The Hall–Kier alpha value is -2.61. The molecule has 0 aliphatic carbocycles. The van der Waals surface area contributed by atoms with Gasteiger partial charge in [0.1, 0.15) is 5.76 Å². The summed E-state index contributed by atoms with van der Waals surface area (Å²) in [7, 11) is 0. The maximum atomic E-state index is 12.9. The number of likely N-dealkylation sites (tertiary alicyclic amines) is 1. The standard InChI is InChI=1S/C21H25N5O2S/c1-15-6-3-7-16(2)26(15)19(27)14-29-21-24-23-20(17-8-4-10-22-12-17)25(21)13-18-9-5-11-28-18/h4-5,8-12,15-16H,3,6-7,13-14H2,1-2H3/t15-,16-/m1/s1. The molecular formula is C21H25N5O2S. The number of carbonyl (C=O) groups is 1. The Morgan fingerprint density at radius 2 is 2.03 bits per heavy atom. The van der Waals surface area contributed by atoms with Crippen LogP contribution in [-0.2, 0) is 11.3 Å². The summed E-state index contributed by atoms with van der Waals surface area (Å²) in [5, 5.41) is 9.44. The van der Waals surface area contributed by atoms with Crippen molar-refractivity contribution in [2.24, 2.45) is 0 Å². The minimum atomic E-state index is 0.158. The van der Waals surface area contributed by atoms with E-state index in [0.29, 0.717) is 35.4 Å². The van der Waals surface area contributed by atoms with Gasteiger partial charge in [-0.05, 0) is 57.4 Å². The molecule has 152 valence electrons. The first-order chi connectivity index (χ1) is 14.1. The summed E-state index contributed by atoms with van der Waals surface area (Å²) in [6.07, 6.45) is 8.47. The molecule has 1 aliphatic heterocycles. The zero-order valence-electron chi connectivity index (χ0n) is 16.7. The van der Waals surface area contributed by atoms with Crippen molar-refractivity contribution in [3.63, 3.8) is 0 Å². The molecule has 0 bridgehead atoms. The molecule has 7 nitrogen and oxygen atoms in total. The van der Waals surface area contributed by atoms with E-state index >= 15 is 0 Å². The third kappa shape index (κ3) is 4.37. The fraction of sp³-hybridized carbons (Fsp3) is 0.429. The van der Waals surface area contributed by atoms with Crippen molar-refractivity contribution in [3.8, 4) is 11.4 Å². The van der Waals surface area contributed by atoms with Crippen LogP contribution in [0.3, 0.4) is 0 Å². The molecule has 1 fully saturated rings. The zero-order valence-corrected chi connectivity index (χ0v) is 17.5. The number of furan rings is 1. The van der Waals surface area contributed by atoms with Crippen LogP contribution < -0.4 is 0 Å². The second-order valence-corrected chi connectivity index (χ2v) is 8.37. The first-order valence-corrected chi connectivity index (χ1v) is 10.9. The van der Waals surface area contributed by atoms with E-state index < -0.39 is 0 Å². The fourth-order valence-corrected chi connectivity index (χ4v) is 4.73. The predicted octanol–water partition coefficient (Wildman–Crippen LogP) is 3.86. The van der Waals surface area contributed by atoms with Crippen molar-refractivity contribution in [3.05, 3.63) is 48.7 Å². The topological polar surface area (TPSA) is 77.1 Å². The van der Waals surface area contributed by atoms with Gasteiger partial charge in [-0.25, -0.2) is 0 Å². The molecule has 1 amide bonds. The van der Waals surface area contributed by atoms with Crippen molar-refractivity contribution >= 4 is 17.7 Å². The molecule has 8 heteroatoms. The van der Waals surface area contributed by atoms with Crippen LogP contribution in [0.15, 0.2) is 52.5 Å². The lowest BCUT2D eigenvalue weighted by molar-refractivity contribution is -0.134. The number of thioether (sulfide) groups is 1. The molecule has 0 spiro atoms. The summed E-state index contributed by atoms with van der Waals surface area (Å²) in [4.78, 5) is 19.1. The van der Waals surface area contributed by atoms with Crippen molar-refractivity contribution < 1.29 is 9.21 Å². The number of nitrogens with zero attached hydrogens (tertiary/aromatic N) is 5. The molecule has 0 saturated carbocycles. The highest BCUT2D eigenvalue weighted by atomic mass is 32.2. The molecule has 4 heterocycles. The second kappa shape index (κ2) is 8.82. The number of aromatic nitrogens is 4. The third-order valence-corrected chi connectivity index (χ3v) is 6.29. The lowest BCUT2D eigenvalue weighted by Crippen LogP contribution is -2.48. The molecule has 1 saturated heterocycles. The Morgan fingerprint density at radius 3 is 2.72 bits per heavy atom. The molecule has 0 radical (unpaired) electrons. The summed E-state index contributed by atoms with van der Waals surface area (Å²) in [6, 6.07) is 8.18. The Bertz CT molecular complexity index is 931. The van der Waals surface area contributed by atoms with Crippen LogP contribution in [0.25, 0.3) is 11.4 Å². The normalized spacial score (nSPS) is 19.4. The van der Waals surface area contributed by atoms with E-state index in [1.807, 2.05) is 33.7 Å². The number of pyridine rings is 1. The van der Waals surface area contributed by atoms with E-state index in [-0.39, 0.29) is 5.91 Å². The lowest BCUT2D eigenvalue weighted by Gasteiger charge is -2.39. The molecule has 0 aromatic carbocycles. The van der Waals surface area contributed by atoms with Crippen LogP contribution in [0.5, 0.6) is 0 Å². The molecule has 1 aliphatic rings. The van der Waals surface area contributed by atoms with Gasteiger partial charge in [-0.15, -0.1) is 10.2 Å². The van der Waals surface area contributed by atoms with E-state index in [2.05, 4.69) is 29.0 Å². The van der Waals surface area contributed by atoms with Gasteiger partial charge in [-0.2, -0.15) is 0 Å². The van der Waals surface area contributed by atoms with E-state index in [1.165, 1.54) is 18.2 Å². The van der Waals surface area contributed by atoms with Crippen molar-refractivity contribution in [2.45, 2.75) is 56.9 Å². The number of hydrogen-bond donors (Lipinski definition) is 0. The number of rotatable bonds is 6. The molecule has 0 unspecified atom stereocenters. The smallest absolute Gasteiger partial charge is 0.233 e. The highest BCUT2D eigenvalue weighted by molar-refractivity contribution is 7.99. The Labute approximate surface area is 174 Å². The number of amides is 1. The molecule has 29 heavy (non-hydrogen) atoms. The van der Waals surface area contributed by atoms with Gasteiger partial charge in [0.05, 0.1) is 18.6 Å². The number of hydrogen-bond acceptors (Lipinski definition) is 6. The Morgan fingerprint density at radius 1 is 1.21 bits per heavy atom. The maximum absolute atomic E-state index is 12.9. The van der Waals surface area contributed by atoms with Gasteiger partial charge in [0.2, 0.25) is 5.91 Å². The van der Waals surface area contributed by atoms with E-state index in [4.69, 9.17) is 4.42 Å². The molecule has 4 rings (SSSR count). The van der Waals surface area contributed by atoms with Gasteiger partial charge in [-0.3, -0.25) is 14.3 Å². The van der Waals surface area contributed by atoms with Crippen LogP contribution in [0.2, 0.25) is 0 Å². The lowest BCUT2D eigenvalue weighted by atomic mass is 9.98. The Balaban J connectivity index is 1.55. The minimum Gasteiger partial charge on any atom is -0.467 e. The Kier molecular flexibility index (Phi) is 5.99. The fourth-order valence-electron chi connectivity index (χ4n) is 3.92. The summed E-state index contributed by atoms with van der Waals surface area (Å²) >= 11 is 1.43. The van der Waals surface area contributed by atoms with Crippen LogP contribution in [0.1, 0.15) is 38.9 Å². The monoisotopic (exact) mass is 411 g/mol. The van der Waals surface area contributed by atoms with Gasteiger partial charge in [0.25, 0.3) is 0 Å². The molecule has 3 aromatic rings. The summed E-state index contributed by atoms with van der Waals surface area (Å²) in [5.41, 5.74) is 0.878. The van der Waals surface area contributed by atoms with Crippen LogP contribution >= 0.6 is 11.8 Å². The summed E-state index contributed by atoms with van der Waals surface area (Å²) in [5.74, 6) is 2.02. The maximum Gasteiger partial charge on any atom is 0.233 e. The quantitative estimate of drug-likeness (QED) is 0.573. The van der Waals surface area contributed by atoms with Crippen LogP contribution in [0, 0.1) is 0 Å². The minimum absolute atomic E-state index is 0.158. The number of carbonyl (C=O) groups excluding carboxylic acids is 1. The van der Waals surface area contributed by atoms with Gasteiger partial charge in [0, 0.05) is 30.0 Å². The highest BCUT2D eigenvalue weighted by Crippen LogP contribution is 2.27. The van der Waals surface area contributed by atoms with Crippen molar-refractivity contribution in [1.29, 1.82) is 0 Å². The van der Waals surface area contributed by atoms with Crippen molar-refractivity contribution in [2.75, 3.05) is 5.75 Å². The van der Waals surface area contributed by atoms with Gasteiger partial charge >= 0.3 is 0 Å². The van der Waals surface area contributed by atoms with E-state index in [0.717, 1.165) is 24.2 Å². The summed E-state index contributed by atoms with van der Waals surface area (Å²) < 4.78 is 7.51. The molecule has 3 aromatic heterocycles. The SMILES string of the molecule is C[C@@H]1CCC[C@@H](C)N1C(=O)CSc1nnc(-c2cccnc2)n1Cc1ccco1. The van der Waals surface area contributed by atoms with Crippen LogP contribution in [0.4, 0.5) is 0 Å². The third-order valence-electron chi connectivity index (χ3n) is 5.34. The van der Waals surface area contributed by atoms with Gasteiger partial charge in [-0.1, -0.05) is 11.8 Å². The average Bonchev–Trinajstić information content (AvgIpc) is 3.37. The highest BCUT2D eigenvalue weighted by Gasteiger charge is 2.29. The zero-order chi connectivity index (χ0) is 20.2. The first-order valence-electron chi connectivity index (χ1n) is 9.93. The molecular weight excluding hydrogens is 386 g/mol. The van der Waals surface area contributed by atoms with Crippen molar-refractivity contribution in [1.82, 2.24) is 24.6 Å². The first kappa shape index (κ1) is 19.7. The van der Waals surface area contributed by atoms with E-state index in [1.54, 1.807) is 18.7 Å². The number of piperidine rings is 1. The molecule has 0 N–H and O–H groups in total.